The van der Waals surface area contributed by atoms with Crippen LogP contribution in [-0.2, 0) is 20.0 Å². The Bertz CT molecular complexity index is 968. The summed E-state index contributed by atoms with van der Waals surface area (Å²) in [4.78, 5) is 4.59. The van der Waals surface area contributed by atoms with Crippen LogP contribution in [0.5, 0.6) is 5.75 Å². The maximum absolute atomic E-state index is 13.9. The van der Waals surface area contributed by atoms with Crippen molar-refractivity contribution < 1.29 is 9.13 Å². The quantitative estimate of drug-likeness (QED) is 0.439. The number of aliphatic imine (C=N–C) groups is 1. The molecule has 0 unspecified atom stereocenters. The first-order valence-corrected chi connectivity index (χ1v) is 9.89. The van der Waals surface area contributed by atoms with Crippen LogP contribution in [0.3, 0.4) is 0 Å². The smallest absolute Gasteiger partial charge is 0.196 e. The molecule has 2 N–H and O–H groups in total. The van der Waals surface area contributed by atoms with Crippen LogP contribution < -0.4 is 15.4 Å². The summed E-state index contributed by atoms with van der Waals surface area (Å²) in [5.41, 5.74) is 1.52. The lowest BCUT2D eigenvalue weighted by Gasteiger charge is -2.14. The zero-order valence-electron chi connectivity index (χ0n) is 17.5. The van der Waals surface area contributed by atoms with Gasteiger partial charge in [0.15, 0.2) is 11.8 Å². The van der Waals surface area contributed by atoms with E-state index in [4.69, 9.17) is 4.74 Å². The van der Waals surface area contributed by atoms with Gasteiger partial charge in [-0.3, -0.25) is 0 Å². The molecule has 0 fully saturated rings. The molecule has 8 heteroatoms. The van der Waals surface area contributed by atoms with Crippen LogP contribution in [0.1, 0.15) is 25.2 Å². The van der Waals surface area contributed by atoms with Crippen molar-refractivity contribution in [1.29, 1.82) is 0 Å². The number of halogens is 1. The van der Waals surface area contributed by atoms with Gasteiger partial charge in [0.2, 0.25) is 0 Å². The lowest BCUT2D eigenvalue weighted by molar-refractivity contribution is 0.242. The minimum atomic E-state index is -0.203. The minimum absolute atomic E-state index is 0.118. The molecule has 1 aromatic heterocycles. The number of hydrogen-bond acceptors (Lipinski definition) is 4. The van der Waals surface area contributed by atoms with Gasteiger partial charge in [0.05, 0.1) is 6.10 Å². The van der Waals surface area contributed by atoms with E-state index in [-0.39, 0.29) is 11.9 Å². The van der Waals surface area contributed by atoms with Crippen molar-refractivity contribution in [3.05, 3.63) is 72.1 Å². The normalized spacial score (nSPS) is 11.6. The van der Waals surface area contributed by atoms with Crippen LogP contribution in [0.15, 0.2) is 59.9 Å². The first-order chi connectivity index (χ1) is 14.5. The summed E-state index contributed by atoms with van der Waals surface area (Å²) in [5.74, 6) is 1.92. The molecule has 0 amide bonds. The van der Waals surface area contributed by atoms with Gasteiger partial charge in [0, 0.05) is 19.3 Å². The van der Waals surface area contributed by atoms with Crippen molar-refractivity contribution in [3.63, 3.8) is 0 Å². The molecule has 0 radical (unpaired) electrons. The third kappa shape index (κ3) is 6.30. The summed E-state index contributed by atoms with van der Waals surface area (Å²) in [6.07, 6.45) is 2.29. The van der Waals surface area contributed by atoms with Gasteiger partial charge in [-0.05, 0) is 56.2 Å². The molecule has 0 spiro atoms. The van der Waals surface area contributed by atoms with Crippen LogP contribution in [0.25, 0.3) is 0 Å². The summed E-state index contributed by atoms with van der Waals surface area (Å²) >= 11 is 0. The second-order valence-corrected chi connectivity index (χ2v) is 7.11. The Hall–Kier alpha value is -3.42. The Morgan fingerprint density at radius 1 is 1.17 bits per heavy atom. The van der Waals surface area contributed by atoms with Crippen molar-refractivity contribution >= 4 is 11.6 Å². The Kier molecular flexibility index (Phi) is 7.37. The number of guanidine groups is 1. The largest absolute Gasteiger partial charge is 0.491 e. The molecular formula is C22H27FN6O. The first-order valence-electron chi connectivity index (χ1n) is 9.89. The third-order valence-corrected chi connectivity index (χ3v) is 4.32. The molecule has 158 valence electrons. The molecule has 30 heavy (non-hydrogen) atoms. The molecule has 0 atom stereocenters. The summed E-state index contributed by atoms with van der Waals surface area (Å²) < 4.78 is 21.4. The highest BCUT2D eigenvalue weighted by Crippen LogP contribution is 2.17. The van der Waals surface area contributed by atoms with E-state index < -0.39 is 0 Å². The molecule has 0 saturated heterocycles. The summed E-state index contributed by atoms with van der Waals surface area (Å²) in [7, 11) is 1.87. The standard InChI is InChI=1S/C22H27FN6O/c1-16(2)30-19-10-8-18(9-11-19)27-22(25-14-21-28-26-15-29(21)3)24-13-12-17-6-4-5-7-20(17)23/h4-11,15-16H,12-14H2,1-3H3,(H2,24,25,27). The van der Waals surface area contributed by atoms with Crippen molar-refractivity contribution in [3.8, 4) is 5.75 Å². The highest BCUT2D eigenvalue weighted by molar-refractivity contribution is 5.93. The number of hydrogen-bond donors (Lipinski definition) is 2. The average molecular weight is 410 g/mol. The molecule has 3 aromatic rings. The fourth-order valence-electron chi connectivity index (χ4n) is 2.78. The molecule has 0 saturated carbocycles. The van der Waals surface area contributed by atoms with E-state index in [2.05, 4.69) is 25.8 Å². The zero-order chi connectivity index (χ0) is 21.3. The lowest BCUT2D eigenvalue weighted by atomic mass is 10.1. The predicted octanol–water partition coefficient (Wildman–Crippen LogP) is 3.54. The monoisotopic (exact) mass is 410 g/mol. The number of aryl methyl sites for hydroxylation is 1. The Morgan fingerprint density at radius 3 is 2.60 bits per heavy atom. The number of rotatable bonds is 8. The van der Waals surface area contributed by atoms with Gasteiger partial charge in [-0.15, -0.1) is 10.2 Å². The van der Waals surface area contributed by atoms with Crippen LogP contribution in [-0.4, -0.2) is 33.4 Å². The zero-order valence-corrected chi connectivity index (χ0v) is 17.5. The highest BCUT2D eigenvalue weighted by atomic mass is 19.1. The van der Waals surface area contributed by atoms with E-state index in [1.165, 1.54) is 6.07 Å². The molecule has 7 nitrogen and oxygen atoms in total. The predicted molar refractivity (Wildman–Crippen MR) is 116 cm³/mol. The van der Waals surface area contributed by atoms with Crippen molar-refractivity contribution in [1.82, 2.24) is 20.1 Å². The lowest BCUT2D eigenvalue weighted by Crippen LogP contribution is -2.32. The van der Waals surface area contributed by atoms with Crippen molar-refractivity contribution in [2.75, 3.05) is 11.9 Å². The van der Waals surface area contributed by atoms with Gasteiger partial charge in [0.1, 0.15) is 24.4 Å². The topological polar surface area (TPSA) is 76.4 Å². The van der Waals surface area contributed by atoms with Gasteiger partial charge in [-0.25, -0.2) is 9.38 Å². The molecule has 2 aromatic carbocycles. The van der Waals surface area contributed by atoms with Crippen molar-refractivity contribution in [2.24, 2.45) is 12.0 Å². The average Bonchev–Trinajstić information content (AvgIpc) is 3.13. The van der Waals surface area contributed by atoms with E-state index in [0.717, 1.165) is 17.3 Å². The number of anilines is 1. The maximum Gasteiger partial charge on any atom is 0.196 e. The molecule has 0 aliphatic rings. The van der Waals surface area contributed by atoms with Crippen LogP contribution in [0.4, 0.5) is 10.1 Å². The summed E-state index contributed by atoms with van der Waals surface area (Å²) in [6, 6.07) is 14.4. The van der Waals surface area contributed by atoms with Gasteiger partial charge < -0.3 is 19.9 Å². The number of ether oxygens (including phenoxy) is 1. The van der Waals surface area contributed by atoms with Gasteiger partial charge in [0.25, 0.3) is 0 Å². The fraction of sp³-hybridized carbons (Fsp3) is 0.318. The maximum atomic E-state index is 13.9. The Labute approximate surface area is 176 Å². The summed E-state index contributed by atoms with van der Waals surface area (Å²) in [5, 5.41) is 14.5. The highest BCUT2D eigenvalue weighted by Gasteiger charge is 2.06. The fourth-order valence-corrected chi connectivity index (χ4v) is 2.78. The molecule has 0 aliphatic heterocycles. The van der Waals surface area contributed by atoms with Crippen LogP contribution >= 0.6 is 0 Å². The molecule has 1 heterocycles. The van der Waals surface area contributed by atoms with E-state index in [1.54, 1.807) is 18.5 Å². The van der Waals surface area contributed by atoms with Crippen LogP contribution in [0.2, 0.25) is 0 Å². The molecule has 0 bridgehead atoms. The van der Waals surface area contributed by atoms with E-state index in [0.29, 0.717) is 31.0 Å². The van der Waals surface area contributed by atoms with E-state index in [1.807, 2.05) is 55.8 Å². The van der Waals surface area contributed by atoms with E-state index >= 15 is 0 Å². The van der Waals surface area contributed by atoms with Gasteiger partial charge in [-0.1, -0.05) is 18.2 Å². The van der Waals surface area contributed by atoms with Crippen LogP contribution in [0, 0.1) is 5.82 Å². The molecular weight excluding hydrogens is 383 g/mol. The van der Waals surface area contributed by atoms with Gasteiger partial charge >= 0.3 is 0 Å². The Morgan fingerprint density at radius 2 is 1.93 bits per heavy atom. The SMILES string of the molecule is CC(C)Oc1ccc(NC(=NCc2nncn2C)NCCc2ccccc2F)cc1. The van der Waals surface area contributed by atoms with E-state index in [9.17, 15) is 4.39 Å². The number of nitrogens with one attached hydrogen (secondary N) is 2. The number of aromatic nitrogens is 3. The molecule has 3 rings (SSSR count). The van der Waals surface area contributed by atoms with Gasteiger partial charge in [-0.2, -0.15) is 0 Å². The third-order valence-electron chi connectivity index (χ3n) is 4.32. The molecule has 0 aliphatic carbocycles. The number of nitrogens with zero attached hydrogens (tertiary/aromatic N) is 4. The second-order valence-electron chi connectivity index (χ2n) is 7.11. The first kappa shape index (κ1) is 21.3. The number of benzene rings is 2. The van der Waals surface area contributed by atoms with Crippen molar-refractivity contribution in [2.45, 2.75) is 32.9 Å². The second kappa shape index (κ2) is 10.4. The minimum Gasteiger partial charge on any atom is -0.491 e. The summed E-state index contributed by atoms with van der Waals surface area (Å²) in [6.45, 7) is 4.87. The Balaban J connectivity index is 1.67.